The van der Waals surface area contributed by atoms with Gasteiger partial charge in [-0.3, -0.25) is 4.79 Å². The smallest absolute Gasteiger partial charge is 0.256 e. The Morgan fingerprint density at radius 2 is 2.22 bits per heavy atom. The van der Waals surface area contributed by atoms with E-state index in [9.17, 15) is 4.79 Å². The first-order valence-electron chi connectivity index (χ1n) is 6.36. The number of nitrogens with two attached hydrogens (primary N) is 1. The lowest BCUT2D eigenvalue weighted by atomic mass is 10.0. The number of likely N-dealkylation sites (tertiary alicyclic amines) is 1. The Bertz CT molecular complexity index is 459. The van der Waals surface area contributed by atoms with E-state index in [1.807, 2.05) is 4.90 Å². The van der Waals surface area contributed by atoms with Gasteiger partial charge in [0.1, 0.15) is 0 Å². The number of nitrogen functional groups attached to an aromatic ring is 1. The van der Waals surface area contributed by atoms with Gasteiger partial charge in [-0.15, -0.1) is 0 Å². The second-order valence-corrected chi connectivity index (χ2v) is 5.62. The van der Waals surface area contributed by atoms with Crippen LogP contribution in [0, 0.1) is 5.92 Å². The fourth-order valence-corrected chi connectivity index (χ4v) is 2.80. The minimum Gasteiger partial charge on any atom is -0.398 e. The minimum absolute atomic E-state index is 0.0281. The van der Waals surface area contributed by atoms with Gasteiger partial charge in [-0.1, -0.05) is 25.4 Å². The molecule has 1 heterocycles. The van der Waals surface area contributed by atoms with Gasteiger partial charge < -0.3 is 10.6 Å². The Kier molecular flexibility index (Phi) is 3.81. The van der Waals surface area contributed by atoms with Crippen molar-refractivity contribution in [2.24, 2.45) is 5.92 Å². The van der Waals surface area contributed by atoms with Gasteiger partial charge in [0.05, 0.1) is 5.56 Å². The van der Waals surface area contributed by atoms with Crippen molar-refractivity contribution in [1.29, 1.82) is 0 Å². The highest BCUT2D eigenvalue weighted by Gasteiger charge is 2.31. The van der Waals surface area contributed by atoms with Crippen LogP contribution in [0.25, 0.3) is 0 Å². The number of carbonyl (C=O) groups is 1. The molecule has 1 saturated heterocycles. The number of hydrogen-bond acceptors (Lipinski definition) is 2. The zero-order chi connectivity index (χ0) is 13.3. The van der Waals surface area contributed by atoms with Crippen LogP contribution in [0.2, 0.25) is 5.02 Å². The molecule has 1 unspecified atom stereocenters. The Hall–Kier alpha value is -1.22. The molecule has 2 rings (SSSR count). The third kappa shape index (κ3) is 2.46. The SMILES string of the molecule is CC(C)C1CCCN1C(=O)c1ccc(Cl)cc1N. The van der Waals surface area contributed by atoms with Crippen molar-refractivity contribution < 1.29 is 4.79 Å². The van der Waals surface area contributed by atoms with E-state index in [0.717, 1.165) is 19.4 Å². The zero-order valence-electron chi connectivity index (χ0n) is 10.8. The van der Waals surface area contributed by atoms with E-state index < -0.39 is 0 Å². The number of anilines is 1. The van der Waals surface area contributed by atoms with Crippen LogP contribution in [-0.4, -0.2) is 23.4 Å². The Labute approximate surface area is 113 Å². The summed E-state index contributed by atoms with van der Waals surface area (Å²) in [7, 11) is 0. The topological polar surface area (TPSA) is 46.3 Å². The monoisotopic (exact) mass is 266 g/mol. The van der Waals surface area contributed by atoms with Gasteiger partial charge in [-0.05, 0) is 37.0 Å². The molecule has 98 valence electrons. The van der Waals surface area contributed by atoms with Crippen molar-refractivity contribution >= 4 is 23.2 Å². The van der Waals surface area contributed by atoms with Gasteiger partial charge in [0.2, 0.25) is 0 Å². The lowest BCUT2D eigenvalue weighted by Gasteiger charge is -2.28. The molecule has 3 nitrogen and oxygen atoms in total. The van der Waals surface area contributed by atoms with Crippen LogP contribution < -0.4 is 5.73 Å². The van der Waals surface area contributed by atoms with Crippen molar-refractivity contribution in [3.05, 3.63) is 28.8 Å². The van der Waals surface area contributed by atoms with Crippen LogP contribution in [0.5, 0.6) is 0 Å². The van der Waals surface area contributed by atoms with Crippen molar-refractivity contribution in [3.8, 4) is 0 Å². The van der Waals surface area contributed by atoms with Crippen LogP contribution in [0.3, 0.4) is 0 Å². The van der Waals surface area contributed by atoms with Gasteiger partial charge in [-0.2, -0.15) is 0 Å². The highest BCUT2D eigenvalue weighted by Crippen LogP contribution is 2.27. The molecule has 1 aromatic carbocycles. The Morgan fingerprint density at radius 1 is 1.50 bits per heavy atom. The number of nitrogens with zero attached hydrogens (tertiary/aromatic N) is 1. The van der Waals surface area contributed by atoms with Crippen LogP contribution >= 0.6 is 11.6 Å². The van der Waals surface area contributed by atoms with E-state index >= 15 is 0 Å². The molecule has 18 heavy (non-hydrogen) atoms. The largest absolute Gasteiger partial charge is 0.398 e. The molecule has 0 radical (unpaired) electrons. The first-order chi connectivity index (χ1) is 8.50. The molecule has 4 heteroatoms. The summed E-state index contributed by atoms with van der Waals surface area (Å²) in [5.41, 5.74) is 6.90. The number of benzene rings is 1. The molecule has 1 aliphatic rings. The maximum Gasteiger partial charge on any atom is 0.256 e. The lowest BCUT2D eigenvalue weighted by molar-refractivity contribution is 0.0702. The molecule has 1 aromatic rings. The molecule has 1 aliphatic heterocycles. The van der Waals surface area contributed by atoms with Gasteiger partial charge in [0.15, 0.2) is 0 Å². The predicted octanol–water partition coefficient (Wildman–Crippen LogP) is 3.18. The van der Waals surface area contributed by atoms with Crippen molar-refractivity contribution in [2.75, 3.05) is 12.3 Å². The number of amides is 1. The van der Waals surface area contributed by atoms with Crippen molar-refractivity contribution in [2.45, 2.75) is 32.7 Å². The van der Waals surface area contributed by atoms with E-state index in [4.69, 9.17) is 17.3 Å². The summed E-state index contributed by atoms with van der Waals surface area (Å²) in [6, 6.07) is 5.39. The molecule has 1 atom stereocenters. The Morgan fingerprint density at radius 3 is 2.83 bits per heavy atom. The third-order valence-corrected chi connectivity index (χ3v) is 3.81. The molecule has 0 aliphatic carbocycles. The second kappa shape index (κ2) is 5.19. The molecule has 0 aromatic heterocycles. The van der Waals surface area contributed by atoms with E-state index in [0.29, 0.717) is 28.2 Å². The summed E-state index contributed by atoms with van der Waals surface area (Å²) in [5.74, 6) is 0.505. The molecule has 1 fully saturated rings. The number of halogens is 1. The van der Waals surface area contributed by atoms with Crippen LogP contribution in [0.1, 0.15) is 37.0 Å². The van der Waals surface area contributed by atoms with E-state index in [-0.39, 0.29) is 5.91 Å². The van der Waals surface area contributed by atoms with Crippen LogP contribution in [0.15, 0.2) is 18.2 Å². The second-order valence-electron chi connectivity index (χ2n) is 5.18. The van der Waals surface area contributed by atoms with Gasteiger partial charge in [-0.25, -0.2) is 0 Å². The summed E-state index contributed by atoms with van der Waals surface area (Å²) >= 11 is 5.86. The molecule has 2 N–H and O–H groups in total. The van der Waals surface area contributed by atoms with Gasteiger partial charge in [0, 0.05) is 23.3 Å². The number of hydrogen-bond donors (Lipinski definition) is 1. The fourth-order valence-electron chi connectivity index (χ4n) is 2.62. The maximum atomic E-state index is 12.5. The average Bonchev–Trinajstić information content (AvgIpc) is 2.77. The minimum atomic E-state index is 0.0281. The molecular weight excluding hydrogens is 248 g/mol. The highest BCUT2D eigenvalue weighted by molar-refractivity contribution is 6.31. The normalized spacial score (nSPS) is 19.6. The molecular formula is C14H19ClN2O. The average molecular weight is 267 g/mol. The first kappa shape index (κ1) is 13.2. The summed E-state index contributed by atoms with van der Waals surface area (Å²) in [6.45, 7) is 5.13. The summed E-state index contributed by atoms with van der Waals surface area (Å²) in [6.07, 6.45) is 2.15. The Balaban J connectivity index is 2.25. The van der Waals surface area contributed by atoms with E-state index in [2.05, 4.69) is 13.8 Å². The van der Waals surface area contributed by atoms with Gasteiger partial charge in [0.25, 0.3) is 5.91 Å². The van der Waals surface area contributed by atoms with Crippen molar-refractivity contribution in [3.63, 3.8) is 0 Å². The van der Waals surface area contributed by atoms with E-state index in [1.165, 1.54) is 0 Å². The lowest BCUT2D eigenvalue weighted by Crippen LogP contribution is -2.38. The summed E-state index contributed by atoms with van der Waals surface area (Å²) in [4.78, 5) is 14.4. The predicted molar refractivity (Wildman–Crippen MR) is 74.8 cm³/mol. The highest BCUT2D eigenvalue weighted by atomic mass is 35.5. The van der Waals surface area contributed by atoms with E-state index in [1.54, 1.807) is 18.2 Å². The third-order valence-electron chi connectivity index (χ3n) is 3.57. The molecule has 0 bridgehead atoms. The standard InChI is InChI=1S/C14H19ClN2O/c1-9(2)13-4-3-7-17(13)14(18)11-6-5-10(15)8-12(11)16/h5-6,8-9,13H,3-4,7,16H2,1-2H3. The fraction of sp³-hybridized carbons (Fsp3) is 0.500. The first-order valence-corrected chi connectivity index (χ1v) is 6.74. The van der Waals surface area contributed by atoms with Crippen LogP contribution in [0.4, 0.5) is 5.69 Å². The maximum absolute atomic E-state index is 12.5. The summed E-state index contributed by atoms with van der Waals surface area (Å²) < 4.78 is 0. The van der Waals surface area contributed by atoms with Crippen LogP contribution in [-0.2, 0) is 0 Å². The van der Waals surface area contributed by atoms with Gasteiger partial charge >= 0.3 is 0 Å². The van der Waals surface area contributed by atoms with Crippen molar-refractivity contribution in [1.82, 2.24) is 4.90 Å². The quantitative estimate of drug-likeness (QED) is 0.836. The molecule has 0 saturated carbocycles. The number of rotatable bonds is 2. The molecule has 0 spiro atoms. The number of carbonyl (C=O) groups excluding carboxylic acids is 1. The summed E-state index contributed by atoms with van der Waals surface area (Å²) in [5, 5.41) is 0.561. The zero-order valence-corrected chi connectivity index (χ0v) is 11.6. The molecule has 1 amide bonds.